The van der Waals surface area contributed by atoms with Gasteiger partial charge in [-0.05, 0) is 18.8 Å². The number of ether oxygens (including phenoxy) is 2. The lowest BCUT2D eigenvalue weighted by molar-refractivity contribution is -0.301. The van der Waals surface area contributed by atoms with Gasteiger partial charge in [0.25, 0.3) is 0 Å². The average molecular weight is 336 g/mol. The van der Waals surface area contributed by atoms with Crippen LogP contribution in [0.15, 0.2) is 12.7 Å². The predicted octanol–water partition coefficient (Wildman–Crippen LogP) is -2.01. The maximum Gasteiger partial charge on any atom is 0.186 e. The van der Waals surface area contributed by atoms with E-state index >= 15 is 0 Å². The zero-order valence-electron chi connectivity index (χ0n) is 13.1. The first-order valence-electron chi connectivity index (χ1n) is 7.76. The molecule has 7 atom stereocenters. The summed E-state index contributed by atoms with van der Waals surface area (Å²) in [6.07, 6.45) is -3.94. The lowest BCUT2D eigenvalue weighted by Gasteiger charge is -2.39. The van der Waals surface area contributed by atoms with Gasteiger partial charge in [0.15, 0.2) is 6.29 Å². The second-order valence-corrected chi connectivity index (χ2v) is 5.71. The highest BCUT2D eigenvalue weighted by Crippen LogP contribution is 2.24. The molecular weight excluding hydrogens is 308 g/mol. The van der Waals surface area contributed by atoms with E-state index in [0.29, 0.717) is 12.8 Å². The molecule has 6 N–H and O–H groups in total. The Labute approximate surface area is 135 Å². The minimum absolute atomic E-state index is 0.0327. The molecule has 1 heterocycles. The molecule has 0 spiro atoms. The van der Waals surface area contributed by atoms with Gasteiger partial charge in [-0.25, -0.2) is 0 Å². The van der Waals surface area contributed by atoms with Crippen LogP contribution in [0.1, 0.15) is 12.8 Å². The van der Waals surface area contributed by atoms with Crippen LogP contribution < -0.4 is 0 Å². The predicted molar refractivity (Wildman–Crippen MR) is 80.3 cm³/mol. The van der Waals surface area contributed by atoms with Crippen LogP contribution in [0.3, 0.4) is 0 Å². The smallest absolute Gasteiger partial charge is 0.186 e. The van der Waals surface area contributed by atoms with Gasteiger partial charge in [-0.2, -0.15) is 0 Å². The molecule has 1 aliphatic heterocycles. The summed E-state index contributed by atoms with van der Waals surface area (Å²) in [6, 6.07) is 0. The van der Waals surface area contributed by atoms with Crippen LogP contribution in [0, 0.1) is 11.8 Å². The Hall–Kier alpha value is -0.580. The van der Waals surface area contributed by atoms with Crippen molar-refractivity contribution in [2.75, 3.05) is 26.4 Å². The first-order valence-corrected chi connectivity index (χ1v) is 7.76. The zero-order valence-corrected chi connectivity index (χ0v) is 13.1. The van der Waals surface area contributed by atoms with Gasteiger partial charge < -0.3 is 40.1 Å². The number of hydrogen-bond acceptors (Lipinski definition) is 8. The number of rotatable bonds is 10. The summed E-state index contributed by atoms with van der Waals surface area (Å²) in [4.78, 5) is 0. The van der Waals surface area contributed by atoms with Gasteiger partial charge in [0.2, 0.25) is 0 Å². The Balaban J connectivity index is 2.53. The van der Waals surface area contributed by atoms with E-state index in [0.717, 1.165) is 0 Å². The molecule has 0 unspecified atom stereocenters. The summed E-state index contributed by atoms with van der Waals surface area (Å²) in [7, 11) is 0. The van der Waals surface area contributed by atoms with Gasteiger partial charge in [0.05, 0.1) is 13.2 Å². The van der Waals surface area contributed by atoms with Gasteiger partial charge in [0, 0.05) is 19.1 Å². The Bertz CT molecular complexity index is 337. The number of aliphatic hydroxyl groups excluding tert-OH is 6. The molecule has 0 bridgehead atoms. The third-order valence-corrected chi connectivity index (χ3v) is 4.24. The summed E-state index contributed by atoms with van der Waals surface area (Å²) >= 11 is 0. The first-order chi connectivity index (χ1) is 11.0. The molecule has 0 saturated carbocycles. The third-order valence-electron chi connectivity index (χ3n) is 4.24. The SMILES string of the molecule is C=C[C@@H](CO)[C@H](CCO)CCO[C@@H]1O[C@H](CO)[C@@H](O)[C@H](O)[C@H]1O. The molecule has 1 rings (SSSR count). The molecule has 8 heteroatoms. The Morgan fingerprint density at radius 1 is 1.04 bits per heavy atom. The lowest BCUT2D eigenvalue weighted by atomic mass is 9.88. The number of aliphatic hydroxyl groups is 6. The molecule has 1 fully saturated rings. The van der Waals surface area contributed by atoms with E-state index in [1.807, 2.05) is 0 Å². The van der Waals surface area contributed by atoms with Crippen LogP contribution in [0.25, 0.3) is 0 Å². The van der Waals surface area contributed by atoms with Crippen molar-refractivity contribution in [2.24, 2.45) is 11.8 Å². The summed E-state index contributed by atoms with van der Waals surface area (Å²) in [5.41, 5.74) is 0. The van der Waals surface area contributed by atoms with E-state index in [1.165, 1.54) is 0 Å². The molecule has 0 aromatic carbocycles. The molecular formula is C15H28O8. The van der Waals surface area contributed by atoms with E-state index in [9.17, 15) is 20.4 Å². The molecule has 1 aliphatic rings. The molecule has 0 aliphatic carbocycles. The molecule has 23 heavy (non-hydrogen) atoms. The van der Waals surface area contributed by atoms with Crippen molar-refractivity contribution in [3.63, 3.8) is 0 Å². The van der Waals surface area contributed by atoms with Crippen molar-refractivity contribution < 1.29 is 40.1 Å². The molecule has 0 aromatic rings. The normalized spacial score (nSPS) is 34.1. The fraction of sp³-hybridized carbons (Fsp3) is 0.867. The van der Waals surface area contributed by atoms with Crippen molar-refractivity contribution in [3.8, 4) is 0 Å². The van der Waals surface area contributed by atoms with Gasteiger partial charge in [0.1, 0.15) is 24.4 Å². The second-order valence-electron chi connectivity index (χ2n) is 5.71. The second kappa shape index (κ2) is 10.3. The van der Waals surface area contributed by atoms with Crippen molar-refractivity contribution in [3.05, 3.63) is 12.7 Å². The summed E-state index contributed by atoms with van der Waals surface area (Å²) in [5.74, 6) is -0.229. The minimum Gasteiger partial charge on any atom is -0.396 e. The maximum absolute atomic E-state index is 9.85. The van der Waals surface area contributed by atoms with Gasteiger partial charge in [-0.15, -0.1) is 6.58 Å². The minimum atomic E-state index is -1.47. The van der Waals surface area contributed by atoms with Crippen LogP contribution >= 0.6 is 0 Å². The van der Waals surface area contributed by atoms with E-state index in [-0.39, 0.29) is 31.7 Å². The molecule has 136 valence electrons. The van der Waals surface area contributed by atoms with Crippen molar-refractivity contribution in [1.82, 2.24) is 0 Å². The molecule has 1 saturated heterocycles. The fourth-order valence-corrected chi connectivity index (χ4v) is 2.70. The maximum atomic E-state index is 9.85. The topological polar surface area (TPSA) is 140 Å². The van der Waals surface area contributed by atoms with Crippen molar-refractivity contribution in [2.45, 2.75) is 43.5 Å². The summed E-state index contributed by atoms with van der Waals surface area (Å²) in [6.45, 7) is 3.16. The largest absolute Gasteiger partial charge is 0.396 e. The standard InChI is InChI=1S/C15H28O8/c1-2-9(7-17)10(3-5-16)4-6-22-15-14(21)13(20)12(19)11(8-18)23-15/h2,9-21H,1,3-8H2/t9-,10+,11+,12+,13-,14+,15+/m0/s1. The summed E-state index contributed by atoms with van der Waals surface area (Å²) in [5, 5.41) is 56.7. The Morgan fingerprint density at radius 3 is 2.26 bits per heavy atom. The van der Waals surface area contributed by atoms with Crippen LogP contribution in [-0.2, 0) is 9.47 Å². The van der Waals surface area contributed by atoms with Crippen LogP contribution in [0.2, 0.25) is 0 Å². The molecule has 0 aromatic heterocycles. The molecule has 0 radical (unpaired) electrons. The first kappa shape index (κ1) is 20.5. The van der Waals surface area contributed by atoms with Crippen LogP contribution in [0.5, 0.6) is 0 Å². The quantitative estimate of drug-likeness (QED) is 0.251. The van der Waals surface area contributed by atoms with Crippen LogP contribution in [-0.4, -0.2) is 87.8 Å². The monoisotopic (exact) mass is 336 g/mol. The third kappa shape index (κ3) is 5.47. The number of hydrogen-bond donors (Lipinski definition) is 6. The van der Waals surface area contributed by atoms with Crippen LogP contribution in [0.4, 0.5) is 0 Å². The summed E-state index contributed by atoms with van der Waals surface area (Å²) < 4.78 is 10.6. The van der Waals surface area contributed by atoms with Gasteiger partial charge in [-0.1, -0.05) is 6.08 Å². The van der Waals surface area contributed by atoms with Gasteiger partial charge >= 0.3 is 0 Å². The Kier molecular flexibility index (Phi) is 9.18. The highest BCUT2D eigenvalue weighted by atomic mass is 16.7. The van der Waals surface area contributed by atoms with Crippen molar-refractivity contribution >= 4 is 0 Å². The highest BCUT2D eigenvalue weighted by molar-refractivity contribution is 4.89. The zero-order chi connectivity index (χ0) is 17.4. The van der Waals surface area contributed by atoms with E-state index in [2.05, 4.69) is 6.58 Å². The van der Waals surface area contributed by atoms with E-state index < -0.39 is 37.3 Å². The van der Waals surface area contributed by atoms with E-state index in [1.54, 1.807) is 6.08 Å². The molecule has 0 amide bonds. The van der Waals surface area contributed by atoms with E-state index in [4.69, 9.17) is 19.7 Å². The fourth-order valence-electron chi connectivity index (χ4n) is 2.70. The van der Waals surface area contributed by atoms with Gasteiger partial charge in [-0.3, -0.25) is 0 Å². The molecule has 8 nitrogen and oxygen atoms in total. The highest BCUT2D eigenvalue weighted by Gasteiger charge is 2.44. The Morgan fingerprint density at radius 2 is 1.74 bits per heavy atom. The lowest BCUT2D eigenvalue weighted by Crippen LogP contribution is -2.59. The van der Waals surface area contributed by atoms with Crippen molar-refractivity contribution in [1.29, 1.82) is 0 Å². The average Bonchev–Trinajstić information content (AvgIpc) is 2.56.